The Morgan fingerprint density at radius 1 is 1.22 bits per heavy atom. The van der Waals surface area contributed by atoms with E-state index in [0.717, 1.165) is 29.8 Å². The molecule has 2 aliphatic heterocycles. The summed E-state index contributed by atoms with van der Waals surface area (Å²) in [5, 5.41) is 3.11. The quantitative estimate of drug-likeness (QED) is 0.910. The lowest BCUT2D eigenvalue weighted by molar-refractivity contribution is 0.0379. The largest absolute Gasteiger partial charge is 0.467 e. The van der Waals surface area contributed by atoms with Crippen LogP contribution in [-0.2, 0) is 6.42 Å². The molecule has 0 radical (unpaired) electrons. The minimum atomic E-state index is -0.672. The van der Waals surface area contributed by atoms with Crippen molar-refractivity contribution in [2.24, 2.45) is 0 Å². The lowest BCUT2D eigenvalue weighted by Crippen LogP contribution is -2.65. The third-order valence-electron chi connectivity index (χ3n) is 4.78. The van der Waals surface area contributed by atoms with E-state index in [0.29, 0.717) is 0 Å². The fraction of sp³-hybridized carbons (Fsp3) is 0.316. The molecule has 0 saturated carbocycles. The van der Waals surface area contributed by atoms with Crippen LogP contribution in [-0.4, -0.2) is 11.8 Å². The number of nitrogens with one attached hydrogen (secondary N) is 1. The van der Waals surface area contributed by atoms with Gasteiger partial charge in [-0.15, -0.1) is 0 Å². The molecule has 4 rings (SSSR count). The number of para-hydroxylation sites is 1. The Hall–Kier alpha value is -2.49. The van der Waals surface area contributed by atoms with E-state index in [1.54, 1.807) is 4.90 Å². The van der Waals surface area contributed by atoms with Crippen LogP contribution >= 0.6 is 0 Å². The molecule has 2 atom stereocenters. The zero-order valence-corrected chi connectivity index (χ0v) is 13.4. The predicted octanol–water partition coefficient (Wildman–Crippen LogP) is 4.02. The van der Waals surface area contributed by atoms with Crippen molar-refractivity contribution >= 4 is 11.7 Å². The van der Waals surface area contributed by atoms with E-state index in [1.807, 2.05) is 43.3 Å². The second-order valence-corrected chi connectivity index (χ2v) is 6.38. The van der Waals surface area contributed by atoms with E-state index >= 15 is 0 Å². The van der Waals surface area contributed by atoms with Gasteiger partial charge in [-0.3, -0.25) is 4.90 Å². The molecule has 118 valence electrons. The molecule has 2 aliphatic rings. The number of carbonyl (C=O) groups excluding carboxylic acids is 1. The highest BCUT2D eigenvalue weighted by atomic mass is 16.5. The molecule has 2 heterocycles. The van der Waals surface area contributed by atoms with Crippen molar-refractivity contribution in [2.75, 3.05) is 4.90 Å². The van der Waals surface area contributed by atoms with Crippen LogP contribution in [0.2, 0.25) is 0 Å². The number of fused-ring (bicyclic) bond motifs is 4. The van der Waals surface area contributed by atoms with Crippen LogP contribution in [0.1, 0.15) is 37.4 Å². The van der Waals surface area contributed by atoms with E-state index < -0.39 is 5.72 Å². The van der Waals surface area contributed by atoms with E-state index in [1.165, 1.54) is 5.56 Å². The standard InChI is InChI=1S/C19H20N2O2/c1-3-13-8-10-14(11-9-13)21-18(22)20-16-12-19(21,2)23-17-7-5-4-6-15(16)17/h4-11,16H,3,12H2,1-2H3,(H,20,22)/t16-,19-/m0/s1. The third kappa shape index (κ3) is 2.17. The summed E-state index contributed by atoms with van der Waals surface area (Å²) >= 11 is 0. The molecule has 0 unspecified atom stereocenters. The predicted molar refractivity (Wildman–Crippen MR) is 89.7 cm³/mol. The summed E-state index contributed by atoms with van der Waals surface area (Å²) in [7, 11) is 0. The van der Waals surface area contributed by atoms with Gasteiger partial charge in [0.15, 0.2) is 5.72 Å². The first-order valence-corrected chi connectivity index (χ1v) is 8.08. The lowest BCUT2D eigenvalue weighted by Gasteiger charge is -2.50. The second kappa shape index (κ2) is 5.01. The summed E-state index contributed by atoms with van der Waals surface area (Å²) in [6.45, 7) is 4.11. The number of ether oxygens (including phenoxy) is 1. The molecule has 1 N–H and O–H groups in total. The number of carbonyl (C=O) groups is 1. The highest BCUT2D eigenvalue weighted by Crippen LogP contribution is 2.45. The Balaban J connectivity index is 1.76. The number of anilines is 1. The van der Waals surface area contributed by atoms with E-state index in [9.17, 15) is 4.79 Å². The van der Waals surface area contributed by atoms with Crippen LogP contribution in [0.25, 0.3) is 0 Å². The van der Waals surface area contributed by atoms with E-state index in [2.05, 4.69) is 24.4 Å². The number of rotatable bonds is 2. The van der Waals surface area contributed by atoms with Crippen LogP contribution in [0.4, 0.5) is 10.5 Å². The minimum Gasteiger partial charge on any atom is -0.467 e. The molecular formula is C19H20N2O2. The van der Waals surface area contributed by atoms with Crippen LogP contribution in [0.15, 0.2) is 48.5 Å². The summed E-state index contributed by atoms with van der Waals surface area (Å²) in [4.78, 5) is 14.4. The van der Waals surface area contributed by atoms with E-state index in [4.69, 9.17) is 4.74 Å². The zero-order chi connectivity index (χ0) is 16.0. The van der Waals surface area contributed by atoms with Gasteiger partial charge in [-0.25, -0.2) is 4.79 Å². The first kappa shape index (κ1) is 14.1. The van der Waals surface area contributed by atoms with Gasteiger partial charge < -0.3 is 10.1 Å². The first-order chi connectivity index (χ1) is 11.1. The lowest BCUT2D eigenvalue weighted by atomic mass is 9.90. The first-order valence-electron chi connectivity index (χ1n) is 8.08. The van der Waals surface area contributed by atoms with E-state index in [-0.39, 0.29) is 12.1 Å². The monoisotopic (exact) mass is 308 g/mol. The third-order valence-corrected chi connectivity index (χ3v) is 4.78. The fourth-order valence-corrected chi connectivity index (χ4v) is 3.59. The van der Waals surface area contributed by atoms with Gasteiger partial charge >= 0.3 is 6.03 Å². The van der Waals surface area contributed by atoms with Gasteiger partial charge in [0, 0.05) is 17.7 Å². The summed E-state index contributed by atoms with van der Waals surface area (Å²) in [6.07, 6.45) is 1.71. The second-order valence-electron chi connectivity index (χ2n) is 6.38. The van der Waals surface area contributed by atoms with Gasteiger partial charge in [0.25, 0.3) is 0 Å². The van der Waals surface area contributed by atoms with Crippen molar-refractivity contribution in [3.8, 4) is 5.75 Å². The average molecular weight is 308 g/mol. The number of hydrogen-bond acceptors (Lipinski definition) is 2. The maximum Gasteiger partial charge on any atom is 0.325 e. The maximum absolute atomic E-state index is 12.7. The Labute approximate surface area is 136 Å². The van der Waals surface area contributed by atoms with Crippen LogP contribution < -0.4 is 15.0 Å². The molecule has 23 heavy (non-hydrogen) atoms. The molecule has 1 fully saturated rings. The van der Waals surface area contributed by atoms with Gasteiger partial charge in [-0.05, 0) is 37.1 Å². The summed E-state index contributed by atoms with van der Waals surface area (Å²) in [5.41, 5.74) is 2.50. The SMILES string of the molecule is CCc1ccc(N2C(=O)N[C@H]3C[C@]2(C)Oc2ccccc23)cc1. The summed E-state index contributed by atoms with van der Waals surface area (Å²) in [5.74, 6) is 0.849. The van der Waals surface area contributed by atoms with Crippen LogP contribution in [0.3, 0.4) is 0 Å². The average Bonchev–Trinajstić information content (AvgIpc) is 2.54. The Morgan fingerprint density at radius 2 is 1.96 bits per heavy atom. The highest BCUT2D eigenvalue weighted by molar-refractivity contribution is 5.94. The molecule has 2 amide bonds. The normalized spacial score (nSPS) is 25.4. The van der Waals surface area contributed by atoms with Gasteiger partial charge in [0.1, 0.15) is 5.75 Å². The van der Waals surface area contributed by atoms with Gasteiger partial charge in [-0.2, -0.15) is 0 Å². The number of nitrogens with zero attached hydrogens (tertiary/aromatic N) is 1. The van der Waals surface area contributed by atoms with Crippen molar-refractivity contribution in [1.82, 2.24) is 5.32 Å². The summed E-state index contributed by atoms with van der Waals surface area (Å²) < 4.78 is 6.25. The van der Waals surface area contributed by atoms with Gasteiger partial charge in [-0.1, -0.05) is 37.3 Å². The zero-order valence-electron chi connectivity index (χ0n) is 13.4. The molecule has 4 heteroatoms. The van der Waals surface area contributed by atoms with Crippen LogP contribution in [0, 0.1) is 0 Å². The Morgan fingerprint density at radius 3 is 2.70 bits per heavy atom. The highest BCUT2D eigenvalue weighted by Gasteiger charge is 2.49. The number of aryl methyl sites for hydroxylation is 1. The van der Waals surface area contributed by atoms with Crippen LogP contribution in [0.5, 0.6) is 5.75 Å². The van der Waals surface area contributed by atoms with Crippen molar-refractivity contribution < 1.29 is 9.53 Å². The number of hydrogen-bond donors (Lipinski definition) is 1. The molecule has 0 aromatic heterocycles. The van der Waals surface area contributed by atoms with Gasteiger partial charge in [0.2, 0.25) is 0 Å². The molecular weight excluding hydrogens is 288 g/mol. The van der Waals surface area contributed by atoms with Crippen molar-refractivity contribution in [3.05, 3.63) is 59.7 Å². The number of urea groups is 1. The molecule has 4 nitrogen and oxygen atoms in total. The van der Waals surface area contributed by atoms with Gasteiger partial charge in [0.05, 0.1) is 6.04 Å². The topological polar surface area (TPSA) is 41.6 Å². The smallest absolute Gasteiger partial charge is 0.325 e. The van der Waals surface area contributed by atoms with Crippen molar-refractivity contribution in [1.29, 1.82) is 0 Å². The molecule has 1 saturated heterocycles. The van der Waals surface area contributed by atoms with Crippen molar-refractivity contribution in [2.45, 2.75) is 38.5 Å². The molecule has 2 aromatic rings. The molecule has 0 aliphatic carbocycles. The number of amides is 2. The Bertz CT molecular complexity index is 756. The molecule has 2 bridgehead atoms. The number of benzene rings is 2. The summed E-state index contributed by atoms with van der Waals surface area (Å²) in [6, 6.07) is 15.9. The van der Waals surface area contributed by atoms with Crippen molar-refractivity contribution in [3.63, 3.8) is 0 Å². The minimum absolute atomic E-state index is 0.00335. The maximum atomic E-state index is 12.7. The molecule has 0 spiro atoms. The Kier molecular flexibility index (Phi) is 3.08. The fourth-order valence-electron chi connectivity index (χ4n) is 3.59. The molecule has 2 aromatic carbocycles.